The summed E-state index contributed by atoms with van der Waals surface area (Å²) in [5.41, 5.74) is 0.126. The van der Waals surface area contributed by atoms with Crippen LogP contribution in [0.3, 0.4) is 0 Å². The van der Waals surface area contributed by atoms with Gasteiger partial charge in [0.1, 0.15) is 5.76 Å². The van der Waals surface area contributed by atoms with Crippen LogP contribution in [0, 0.1) is 10.8 Å². The van der Waals surface area contributed by atoms with Crippen LogP contribution in [0.5, 0.6) is 0 Å². The molecule has 2 radical (unpaired) electrons. The van der Waals surface area contributed by atoms with Crippen molar-refractivity contribution in [2.24, 2.45) is 10.8 Å². The van der Waals surface area contributed by atoms with Crippen LogP contribution < -0.4 is 0 Å². The molecule has 0 bridgehead atoms. The summed E-state index contributed by atoms with van der Waals surface area (Å²) >= 11 is 0. The van der Waals surface area contributed by atoms with Crippen LogP contribution in [0.1, 0.15) is 41.5 Å². The third-order valence-corrected chi connectivity index (χ3v) is 2.65. The Balaban J connectivity index is 2.95. The zero-order valence-electron chi connectivity index (χ0n) is 9.89. The van der Waals surface area contributed by atoms with Crippen molar-refractivity contribution in [3.05, 3.63) is 11.8 Å². The van der Waals surface area contributed by atoms with Gasteiger partial charge in [0.15, 0.2) is 0 Å². The van der Waals surface area contributed by atoms with E-state index in [9.17, 15) is 0 Å². The Kier molecular flexibility index (Phi) is 2.90. The van der Waals surface area contributed by atoms with Crippen molar-refractivity contribution in [2.75, 3.05) is 0 Å². The molecule has 0 aromatic carbocycles. The maximum absolute atomic E-state index is 5.51. The molecule has 0 saturated carbocycles. The average molecular weight is 211 g/mol. The standard InChI is InChI=1S/C11H19O2Si/c1-10(2,3)8-7-9(11(4,5)6)13-14-12-8/h7H,1-6H3/q+1. The number of carbonyl (C=O) groups excluding carboxylic acids is 1. The lowest BCUT2D eigenvalue weighted by molar-refractivity contribution is -0.310. The molecule has 78 valence electrons. The fourth-order valence-corrected chi connectivity index (χ4v) is 1.98. The van der Waals surface area contributed by atoms with E-state index < -0.39 is 0 Å². The summed E-state index contributed by atoms with van der Waals surface area (Å²) in [6.07, 6.45) is 2.04. The molecule has 0 aromatic heterocycles. The molecule has 0 aliphatic carbocycles. The Morgan fingerprint density at radius 3 is 2.07 bits per heavy atom. The second-order valence-corrected chi connectivity index (χ2v) is 6.24. The first-order valence-corrected chi connectivity index (χ1v) is 5.71. The molecule has 0 fully saturated rings. The van der Waals surface area contributed by atoms with E-state index in [0.29, 0.717) is 0 Å². The van der Waals surface area contributed by atoms with E-state index in [1.807, 2.05) is 6.08 Å². The summed E-state index contributed by atoms with van der Waals surface area (Å²) < 4.78 is 11.0. The Hall–Kier alpha value is -0.573. The van der Waals surface area contributed by atoms with Gasteiger partial charge in [-0.15, -0.1) is 0 Å². The van der Waals surface area contributed by atoms with Gasteiger partial charge in [0.05, 0.1) is 11.5 Å². The quantitative estimate of drug-likeness (QED) is 0.445. The van der Waals surface area contributed by atoms with E-state index in [2.05, 4.69) is 41.5 Å². The topological polar surface area (TPSA) is 20.5 Å². The monoisotopic (exact) mass is 211 g/mol. The highest BCUT2D eigenvalue weighted by Crippen LogP contribution is 2.29. The SMILES string of the molecule is CC(C)(C)C1=CC(C(C)(C)C)=[O+][Si]O1. The lowest BCUT2D eigenvalue weighted by Gasteiger charge is -2.23. The van der Waals surface area contributed by atoms with Gasteiger partial charge in [-0.2, -0.15) is 0 Å². The van der Waals surface area contributed by atoms with E-state index in [1.165, 1.54) is 0 Å². The summed E-state index contributed by atoms with van der Waals surface area (Å²) in [5, 5.41) is 0. The smallest absolute Gasteiger partial charge is 0.464 e. The number of hydrogen-bond donors (Lipinski definition) is 0. The van der Waals surface area contributed by atoms with E-state index in [-0.39, 0.29) is 20.8 Å². The molecule has 0 N–H and O–H groups in total. The first kappa shape index (κ1) is 11.5. The molecule has 0 atom stereocenters. The molecular weight excluding hydrogens is 192 g/mol. The maximum atomic E-state index is 5.51. The van der Waals surface area contributed by atoms with E-state index >= 15 is 0 Å². The largest absolute Gasteiger partial charge is 1.02 e. The third-order valence-electron chi connectivity index (χ3n) is 2.04. The summed E-state index contributed by atoms with van der Waals surface area (Å²) in [6.45, 7) is 12.9. The fraction of sp³-hybridized carbons (Fsp3) is 0.727. The van der Waals surface area contributed by atoms with Crippen molar-refractivity contribution in [2.45, 2.75) is 41.5 Å². The molecule has 1 rings (SSSR count). The molecule has 14 heavy (non-hydrogen) atoms. The van der Waals surface area contributed by atoms with Crippen molar-refractivity contribution >= 4 is 15.8 Å². The summed E-state index contributed by atoms with van der Waals surface area (Å²) in [6, 6.07) is 0. The van der Waals surface area contributed by atoms with Gasteiger partial charge >= 0.3 is 10.0 Å². The van der Waals surface area contributed by atoms with Gasteiger partial charge in [-0.05, 0) is 20.8 Å². The highest BCUT2D eigenvalue weighted by molar-refractivity contribution is 6.19. The number of rotatable bonds is 0. The highest BCUT2D eigenvalue weighted by atomic mass is 28.2. The predicted octanol–water partition coefficient (Wildman–Crippen LogP) is 2.63. The summed E-state index contributed by atoms with van der Waals surface area (Å²) in [7, 11) is 0.104. The van der Waals surface area contributed by atoms with Gasteiger partial charge in [-0.3, -0.25) is 0 Å². The normalized spacial score (nSPS) is 18.4. The predicted molar refractivity (Wildman–Crippen MR) is 58.8 cm³/mol. The van der Waals surface area contributed by atoms with Crippen LogP contribution in [0.25, 0.3) is 0 Å². The van der Waals surface area contributed by atoms with Gasteiger partial charge < -0.3 is 8.54 Å². The fourth-order valence-electron chi connectivity index (χ4n) is 1.03. The van der Waals surface area contributed by atoms with Crippen molar-refractivity contribution in [3.8, 4) is 0 Å². The Morgan fingerprint density at radius 1 is 1.07 bits per heavy atom. The lowest BCUT2D eigenvalue weighted by atomic mass is 9.87. The van der Waals surface area contributed by atoms with Crippen molar-refractivity contribution < 1.29 is 8.54 Å². The first-order chi connectivity index (χ1) is 6.21. The van der Waals surface area contributed by atoms with Crippen molar-refractivity contribution in [1.29, 1.82) is 0 Å². The first-order valence-electron chi connectivity index (χ1n) is 4.89. The minimum Gasteiger partial charge on any atom is -0.464 e. The average Bonchev–Trinajstić information content (AvgIpc) is 2.01. The molecule has 0 amide bonds. The molecule has 0 aromatic rings. The maximum Gasteiger partial charge on any atom is 1.02 e. The second kappa shape index (κ2) is 3.53. The molecular formula is C11H19O2Si+. The van der Waals surface area contributed by atoms with Crippen LogP contribution in [0.2, 0.25) is 0 Å². The van der Waals surface area contributed by atoms with Crippen LogP contribution in [0.15, 0.2) is 11.8 Å². The highest BCUT2D eigenvalue weighted by Gasteiger charge is 2.37. The van der Waals surface area contributed by atoms with E-state index in [4.69, 9.17) is 8.54 Å². The molecule has 0 saturated heterocycles. The minimum absolute atomic E-state index is 0.0628. The van der Waals surface area contributed by atoms with Crippen LogP contribution >= 0.6 is 0 Å². The van der Waals surface area contributed by atoms with Crippen molar-refractivity contribution in [1.82, 2.24) is 0 Å². The van der Waals surface area contributed by atoms with Crippen LogP contribution in [0.4, 0.5) is 0 Å². The van der Waals surface area contributed by atoms with Gasteiger partial charge in [0.25, 0.3) is 5.78 Å². The number of allylic oxidation sites excluding steroid dienone is 2. The zero-order chi connectivity index (χ0) is 11.0. The molecule has 3 heteroatoms. The Labute approximate surface area is 89.1 Å². The summed E-state index contributed by atoms with van der Waals surface area (Å²) in [4.78, 5) is 0. The van der Waals surface area contributed by atoms with Crippen molar-refractivity contribution in [3.63, 3.8) is 0 Å². The molecule has 0 unspecified atom stereocenters. The summed E-state index contributed by atoms with van der Waals surface area (Å²) in [5.74, 6) is 2.04. The van der Waals surface area contributed by atoms with E-state index in [1.54, 1.807) is 0 Å². The molecule has 2 nitrogen and oxygen atoms in total. The third kappa shape index (κ3) is 2.71. The van der Waals surface area contributed by atoms with Gasteiger partial charge in [-0.25, -0.2) is 0 Å². The van der Waals surface area contributed by atoms with E-state index in [0.717, 1.165) is 11.5 Å². The van der Waals surface area contributed by atoms with Gasteiger partial charge in [0.2, 0.25) is 0 Å². The lowest BCUT2D eigenvalue weighted by Crippen LogP contribution is -2.29. The van der Waals surface area contributed by atoms with Gasteiger partial charge in [0, 0.05) is 5.41 Å². The van der Waals surface area contributed by atoms with Gasteiger partial charge in [-0.1, -0.05) is 20.8 Å². The molecule has 1 aliphatic rings. The number of hydrogen-bond acceptors (Lipinski definition) is 1. The molecule has 0 spiro atoms. The minimum atomic E-state index is 0.0628. The molecule has 1 heterocycles. The Morgan fingerprint density at radius 2 is 1.64 bits per heavy atom. The van der Waals surface area contributed by atoms with Crippen LogP contribution in [-0.2, 0) is 8.54 Å². The van der Waals surface area contributed by atoms with Crippen LogP contribution in [-0.4, -0.2) is 15.8 Å². The zero-order valence-corrected chi connectivity index (χ0v) is 10.9. The molecule has 1 aliphatic heterocycles. The Bertz CT molecular complexity index is 277. The number of ketones is 1. The second-order valence-electron chi connectivity index (χ2n) is 5.66.